The van der Waals surface area contributed by atoms with Crippen molar-refractivity contribution in [3.05, 3.63) is 5.82 Å². The van der Waals surface area contributed by atoms with E-state index in [4.69, 9.17) is 4.52 Å². The van der Waals surface area contributed by atoms with Crippen molar-refractivity contribution in [2.24, 2.45) is 0 Å². The molecule has 0 unspecified atom stereocenters. The summed E-state index contributed by atoms with van der Waals surface area (Å²) in [7, 11) is 0. The first kappa shape index (κ1) is 10.4. The molecule has 1 aromatic rings. The van der Waals surface area contributed by atoms with E-state index in [1.54, 1.807) is 0 Å². The molecule has 1 saturated heterocycles. The van der Waals surface area contributed by atoms with E-state index in [9.17, 15) is 0 Å². The Morgan fingerprint density at radius 1 is 1.33 bits per heavy atom. The molecule has 0 atom stereocenters. The maximum Gasteiger partial charge on any atom is 0.324 e. The normalized spacial score (nSPS) is 18.2. The molecule has 84 valence electrons. The third-order valence-electron chi connectivity index (χ3n) is 2.56. The quantitative estimate of drug-likeness (QED) is 0.789. The number of hydrogen-bond acceptors (Lipinski definition) is 5. The minimum Gasteiger partial charge on any atom is -0.323 e. The van der Waals surface area contributed by atoms with E-state index in [2.05, 4.69) is 34.2 Å². The molecule has 0 bridgehead atoms. The molecule has 0 spiro atoms. The molecule has 1 fully saturated rings. The van der Waals surface area contributed by atoms with E-state index >= 15 is 0 Å². The topological polar surface area (TPSA) is 54.2 Å². The zero-order valence-electron chi connectivity index (χ0n) is 9.36. The van der Waals surface area contributed by atoms with Gasteiger partial charge in [-0.25, -0.2) is 0 Å². The molecule has 1 aromatic heterocycles. The van der Waals surface area contributed by atoms with Crippen molar-refractivity contribution in [1.82, 2.24) is 15.5 Å². The summed E-state index contributed by atoms with van der Waals surface area (Å²) in [6.45, 7) is 8.13. The Bertz CT molecular complexity index is 302. The van der Waals surface area contributed by atoms with Crippen molar-refractivity contribution in [3.8, 4) is 0 Å². The number of nitrogens with zero attached hydrogens (tertiary/aromatic N) is 3. The third kappa shape index (κ3) is 2.47. The van der Waals surface area contributed by atoms with Crippen molar-refractivity contribution >= 4 is 6.01 Å². The molecule has 5 heteroatoms. The molecule has 1 N–H and O–H groups in total. The van der Waals surface area contributed by atoms with E-state index in [0.717, 1.165) is 38.4 Å². The standard InChI is InChI=1S/C10H18N4O/c1-8(2)9-12-10(15-13-9)14-6-3-4-11-5-7-14/h8,11H,3-7H2,1-2H3. The van der Waals surface area contributed by atoms with Crippen molar-refractivity contribution < 1.29 is 4.52 Å². The number of nitrogens with one attached hydrogen (secondary N) is 1. The highest BCUT2D eigenvalue weighted by Gasteiger charge is 2.17. The SMILES string of the molecule is CC(C)c1noc(N2CCCNCC2)n1. The fraction of sp³-hybridized carbons (Fsp3) is 0.800. The fourth-order valence-corrected chi connectivity index (χ4v) is 1.63. The Kier molecular flexibility index (Phi) is 3.20. The highest BCUT2D eigenvalue weighted by atomic mass is 16.5. The van der Waals surface area contributed by atoms with Gasteiger partial charge in [-0.15, -0.1) is 0 Å². The summed E-state index contributed by atoms with van der Waals surface area (Å²) < 4.78 is 5.26. The number of anilines is 1. The Labute approximate surface area is 89.8 Å². The number of aromatic nitrogens is 2. The lowest BCUT2D eigenvalue weighted by Gasteiger charge is -2.15. The van der Waals surface area contributed by atoms with Crippen molar-refractivity contribution in [3.63, 3.8) is 0 Å². The predicted molar refractivity (Wildman–Crippen MR) is 58.1 cm³/mol. The first-order chi connectivity index (χ1) is 7.27. The lowest BCUT2D eigenvalue weighted by molar-refractivity contribution is 0.404. The van der Waals surface area contributed by atoms with Crippen LogP contribution in [0.25, 0.3) is 0 Å². The summed E-state index contributed by atoms with van der Waals surface area (Å²) in [5.74, 6) is 1.12. The highest BCUT2D eigenvalue weighted by Crippen LogP contribution is 2.16. The zero-order chi connectivity index (χ0) is 10.7. The van der Waals surface area contributed by atoms with Crippen LogP contribution in [0.1, 0.15) is 32.0 Å². The average molecular weight is 210 g/mol. The van der Waals surface area contributed by atoms with Crippen LogP contribution in [-0.4, -0.2) is 36.3 Å². The molecule has 5 nitrogen and oxygen atoms in total. The Balaban J connectivity index is 2.06. The van der Waals surface area contributed by atoms with E-state index in [0.29, 0.717) is 11.9 Å². The number of rotatable bonds is 2. The van der Waals surface area contributed by atoms with Gasteiger partial charge in [0.15, 0.2) is 5.82 Å². The zero-order valence-corrected chi connectivity index (χ0v) is 9.36. The average Bonchev–Trinajstić information content (AvgIpc) is 2.55. The van der Waals surface area contributed by atoms with Crippen LogP contribution in [0.4, 0.5) is 6.01 Å². The van der Waals surface area contributed by atoms with Crippen LogP contribution in [0.5, 0.6) is 0 Å². The molecule has 0 saturated carbocycles. The largest absolute Gasteiger partial charge is 0.324 e. The molecule has 2 rings (SSSR count). The molecule has 2 heterocycles. The maximum atomic E-state index is 5.26. The van der Waals surface area contributed by atoms with Crippen LogP contribution in [0.3, 0.4) is 0 Å². The molecule has 0 aromatic carbocycles. The van der Waals surface area contributed by atoms with Gasteiger partial charge in [0.25, 0.3) is 0 Å². The molecule has 1 aliphatic rings. The van der Waals surface area contributed by atoms with Crippen LogP contribution in [-0.2, 0) is 0 Å². The smallest absolute Gasteiger partial charge is 0.323 e. The van der Waals surface area contributed by atoms with Gasteiger partial charge in [-0.05, 0) is 13.0 Å². The van der Waals surface area contributed by atoms with E-state index < -0.39 is 0 Å². The summed E-state index contributed by atoms with van der Waals surface area (Å²) in [5.41, 5.74) is 0. The number of hydrogen-bond donors (Lipinski definition) is 1. The van der Waals surface area contributed by atoms with Gasteiger partial charge in [0.05, 0.1) is 0 Å². The van der Waals surface area contributed by atoms with E-state index in [1.165, 1.54) is 0 Å². The lowest BCUT2D eigenvalue weighted by atomic mass is 10.2. The van der Waals surface area contributed by atoms with Crippen LogP contribution < -0.4 is 10.2 Å². The summed E-state index contributed by atoms with van der Waals surface area (Å²) in [6, 6.07) is 0.669. The summed E-state index contributed by atoms with van der Waals surface area (Å²) in [4.78, 5) is 6.55. The Hall–Kier alpha value is -1.10. The van der Waals surface area contributed by atoms with Crippen LogP contribution >= 0.6 is 0 Å². The first-order valence-electron chi connectivity index (χ1n) is 5.56. The molecule has 0 amide bonds. The van der Waals surface area contributed by atoms with Gasteiger partial charge >= 0.3 is 6.01 Å². The second-order valence-electron chi connectivity index (χ2n) is 4.18. The molecular weight excluding hydrogens is 192 g/mol. The Morgan fingerprint density at radius 3 is 2.93 bits per heavy atom. The molecule has 1 aliphatic heterocycles. The molecule has 0 aliphatic carbocycles. The van der Waals surface area contributed by atoms with Crippen LogP contribution in [0.15, 0.2) is 4.52 Å². The molecular formula is C10H18N4O. The predicted octanol–water partition coefficient (Wildman–Crippen LogP) is 0.993. The molecule has 15 heavy (non-hydrogen) atoms. The van der Waals surface area contributed by atoms with Crippen molar-refractivity contribution in [2.75, 3.05) is 31.1 Å². The second kappa shape index (κ2) is 4.61. The second-order valence-corrected chi connectivity index (χ2v) is 4.18. The fourth-order valence-electron chi connectivity index (χ4n) is 1.63. The monoisotopic (exact) mass is 210 g/mol. The summed E-state index contributed by atoms with van der Waals surface area (Å²) >= 11 is 0. The maximum absolute atomic E-state index is 5.26. The highest BCUT2D eigenvalue weighted by molar-refractivity contribution is 5.25. The summed E-state index contributed by atoms with van der Waals surface area (Å²) in [5, 5.41) is 7.32. The minimum absolute atomic E-state index is 0.326. The Morgan fingerprint density at radius 2 is 2.20 bits per heavy atom. The van der Waals surface area contributed by atoms with Gasteiger partial charge in [0, 0.05) is 25.6 Å². The van der Waals surface area contributed by atoms with Gasteiger partial charge in [0.2, 0.25) is 0 Å². The van der Waals surface area contributed by atoms with E-state index in [-0.39, 0.29) is 0 Å². The van der Waals surface area contributed by atoms with Gasteiger partial charge in [0.1, 0.15) is 0 Å². The lowest BCUT2D eigenvalue weighted by Crippen LogP contribution is -2.28. The first-order valence-corrected chi connectivity index (χ1v) is 5.56. The van der Waals surface area contributed by atoms with Crippen LogP contribution in [0.2, 0.25) is 0 Å². The van der Waals surface area contributed by atoms with E-state index in [1.807, 2.05) is 0 Å². The van der Waals surface area contributed by atoms with Gasteiger partial charge in [-0.1, -0.05) is 19.0 Å². The minimum atomic E-state index is 0.326. The third-order valence-corrected chi connectivity index (χ3v) is 2.56. The van der Waals surface area contributed by atoms with Crippen molar-refractivity contribution in [2.45, 2.75) is 26.2 Å². The van der Waals surface area contributed by atoms with Gasteiger partial charge in [-0.2, -0.15) is 4.98 Å². The molecule has 0 radical (unpaired) electrons. The summed E-state index contributed by atoms with van der Waals surface area (Å²) in [6.07, 6.45) is 1.12. The van der Waals surface area contributed by atoms with Crippen LogP contribution in [0, 0.1) is 0 Å². The van der Waals surface area contributed by atoms with Crippen molar-refractivity contribution in [1.29, 1.82) is 0 Å². The van der Waals surface area contributed by atoms with Gasteiger partial charge < -0.3 is 14.7 Å². The van der Waals surface area contributed by atoms with Gasteiger partial charge in [-0.3, -0.25) is 0 Å².